The van der Waals surface area contributed by atoms with E-state index in [1.165, 1.54) is 6.07 Å². The molecule has 23 heavy (non-hydrogen) atoms. The van der Waals surface area contributed by atoms with Crippen LogP contribution in [0.5, 0.6) is 11.5 Å². The molecule has 0 bridgehead atoms. The molecule has 0 saturated carbocycles. The van der Waals surface area contributed by atoms with E-state index in [-0.39, 0.29) is 5.82 Å². The highest BCUT2D eigenvalue weighted by Gasteiger charge is 2.07. The first-order valence-electron chi connectivity index (χ1n) is 7.37. The molecule has 0 aromatic heterocycles. The van der Waals surface area contributed by atoms with Crippen LogP contribution in [0, 0.1) is 5.82 Å². The third-order valence-electron chi connectivity index (χ3n) is 3.59. The van der Waals surface area contributed by atoms with Crippen LogP contribution in [-0.2, 0) is 6.61 Å². The van der Waals surface area contributed by atoms with Gasteiger partial charge in [-0.2, -0.15) is 0 Å². The fourth-order valence-corrected chi connectivity index (χ4v) is 2.33. The maximum absolute atomic E-state index is 14.3. The average molecular weight is 308 g/mol. The topological polar surface area (TPSA) is 18.5 Å². The van der Waals surface area contributed by atoms with Crippen molar-refractivity contribution in [2.24, 2.45) is 0 Å². The van der Waals surface area contributed by atoms with E-state index in [2.05, 4.69) is 0 Å². The lowest BCUT2D eigenvalue weighted by molar-refractivity contribution is 0.304. The third-order valence-corrected chi connectivity index (χ3v) is 3.59. The summed E-state index contributed by atoms with van der Waals surface area (Å²) in [6.45, 7) is 0.419. The Kier molecular flexibility index (Phi) is 4.57. The molecule has 0 radical (unpaired) electrons. The molecule has 0 aliphatic rings. The first-order valence-corrected chi connectivity index (χ1v) is 7.37. The average Bonchev–Trinajstić information content (AvgIpc) is 2.61. The Morgan fingerprint density at radius 3 is 2.17 bits per heavy atom. The van der Waals surface area contributed by atoms with Crippen LogP contribution < -0.4 is 9.47 Å². The molecular weight excluding hydrogens is 291 g/mol. The molecule has 3 rings (SSSR count). The summed E-state index contributed by atoms with van der Waals surface area (Å²) in [4.78, 5) is 0. The Balaban J connectivity index is 1.74. The number of halogens is 1. The van der Waals surface area contributed by atoms with Gasteiger partial charge >= 0.3 is 0 Å². The number of hydrogen-bond donors (Lipinski definition) is 0. The molecule has 0 atom stereocenters. The number of methoxy groups -OCH3 is 1. The summed E-state index contributed by atoms with van der Waals surface area (Å²) >= 11 is 0. The second-order valence-electron chi connectivity index (χ2n) is 5.14. The zero-order valence-corrected chi connectivity index (χ0v) is 12.8. The zero-order chi connectivity index (χ0) is 16.1. The van der Waals surface area contributed by atoms with E-state index < -0.39 is 0 Å². The smallest absolute Gasteiger partial charge is 0.134 e. The van der Waals surface area contributed by atoms with Crippen molar-refractivity contribution < 1.29 is 13.9 Å². The second-order valence-corrected chi connectivity index (χ2v) is 5.14. The Labute approximate surface area is 135 Å². The van der Waals surface area contributed by atoms with Gasteiger partial charge in [0.05, 0.1) is 7.11 Å². The lowest BCUT2D eigenvalue weighted by Gasteiger charge is -2.09. The molecule has 0 heterocycles. The van der Waals surface area contributed by atoms with Crippen molar-refractivity contribution in [3.8, 4) is 22.6 Å². The Morgan fingerprint density at radius 1 is 0.826 bits per heavy atom. The van der Waals surface area contributed by atoms with Crippen molar-refractivity contribution in [2.45, 2.75) is 6.61 Å². The highest BCUT2D eigenvalue weighted by Crippen LogP contribution is 2.28. The molecule has 3 heteroatoms. The molecule has 0 amide bonds. The minimum absolute atomic E-state index is 0.305. The molecule has 0 aliphatic heterocycles. The largest absolute Gasteiger partial charge is 0.497 e. The standard InChI is InChI=1S/C20H17FO2/c1-22-17-9-7-16(8-10-17)19-12-11-18(13-20(19)21)23-14-15-5-3-2-4-6-15/h2-13H,14H2,1H3. The minimum atomic E-state index is -0.305. The van der Waals surface area contributed by atoms with Gasteiger partial charge < -0.3 is 9.47 Å². The Morgan fingerprint density at radius 2 is 1.52 bits per heavy atom. The molecule has 0 N–H and O–H groups in total. The molecule has 0 unspecified atom stereocenters. The predicted molar refractivity (Wildman–Crippen MR) is 89.2 cm³/mol. The van der Waals surface area contributed by atoms with E-state index in [1.807, 2.05) is 54.6 Å². The Bertz CT molecular complexity index is 767. The van der Waals surface area contributed by atoms with E-state index in [1.54, 1.807) is 19.2 Å². The molecule has 3 aromatic rings. The Hall–Kier alpha value is -2.81. The third kappa shape index (κ3) is 3.69. The highest BCUT2D eigenvalue weighted by molar-refractivity contribution is 5.65. The fourth-order valence-electron chi connectivity index (χ4n) is 2.33. The van der Waals surface area contributed by atoms with Gasteiger partial charge in [0.1, 0.15) is 23.9 Å². The lowest BCUT2D eigenvalue weighted by Crippen LogP contribution is -1.96. The van der Waals surface area contributed by atoms with Crippen molar-refractivity contribution in [2.75, 3.05) is 7.11 Å². The number of rotatable bonds is 5. The minimum Gasteiger partial charge on any atom is -0.497 e. The summed E-state index contributed by atoms with van der Waals surface area (Å²) in [6, 6.07) is 22.0. The van der Waals surface area contributed by atoms with Crippen LogP contribution in [0.4, 0.5) is 4.39 Å². The summed E-state index contributed by atoms with van der Waals surface area (Å²) < 4.78 is 25.1. The van der Waals surface area contributed by atoms with Crippen molar-refractivity contribution in [1.82, 2.24) is 0 Å². The highest BCUT2D eigenvalue weighted by atomic mass is 19.1. The van der Waals surface area contributed by atoms with E-state index in [4.69, 9.17) is 9.47 Å². The second kappa shape index (κ2) is 6.97. The van der Waals surface area contributed by atoms with Gasteiger partial charge in [-0.25, -0.2) is 4.39 Å². The van der Waals surface area contributed by atoms with Crippen molar-refractivity contribution in [3.05, 3.63) is 84.2 Å². The predicted octanol–water partition coefficient (Wildman–Crippen LogP) is 5.08. The molecule has 0 aliphatic carbocycles. The molecule has 3 aromatic carbocycles. The fraction of sp³-hybridized carbons (Fsp3) is 0.100. The van der Waals surface area contributed by atoms with Crippen molar-refractivity contribution in [1.29, 1.82) is 0 Å². The number of ether oxygens (including phenoxy) is 2. The molecule has 0 saturated heterocycles. The normalized spacial score (nSPS) is 10.3. The SMILES string of the molecule is COc1ccc(-c2ccc(OCc3ccccc3)cc2F)cc1. The van der Waals surface area contributed by atoms with Gasteiger partial charge in [0.25, 0.3) is 0 Å². The van der Waals surface area contributed by atoms with Gasteiger partial charge in [0, 0.05) is 11.6 Å². The molecule has 116 valence electrons. The number of hydrogen-bond acceptors (Lipinski definition) is 2. The van der Waals surface area contributed by atoms with Crippen LogP contribution in [0.2, 0.25) is 0 Å². The van der Waals surface area contributed by atoms with Crippen LogP contribution in [0.25, 0.3) is 11.1 Å². The van der Waals surface area contributed by atoms with Crippen LogP contribution in [-0.4, -0.2) is 7.11 Å². The monoisotopic (exact) mass is 308 g/mol. The molecule has 0 fully saturated rings. The summed E-state index contributed by atoms with van der Waals surface area (Å²) in [5, 5.41) is 0. The maximum atomic E-state index is 14.3. The van der Waals surface area contributed by atoms with E-state index in [0.717, 1.165) is 16.9 Å². The van der Waals surface area contributed by atoms with E-state index >= 15 is 0 Å². The van der Waals surface area contributed by atoms with Crippen molar-refractivity contribution >= 4 is 0 Å². The maximum Gasteiger partial charge on any atom is 0.134 e. The quantitative estimate of drug-likeness (QED) is 0.654. The van der Waals surface area contributed by atoms with Gasteiger partial charge in [-0.1, -0.05) is 42.5 Å². The zero-order valence-electron chi connectivity index (χ0n) is 12.8. The van der Waals surface area contributed by atoms with Gasteiger partial charge in [0.15, 0.2) is 0 Å². The molecule has 2 nitrogen and oxygen atoms in total. The first-order chi connectivity index (χ1) is 11.3. The van der Waals surface area contributed by atoms with Crippen LogP contribution >= 0.6 is 0 Å². The summed E-state index contributed by atoms with van der Waals surface area (Å²) in [5.74, 6) is 0.960. The van der Waals surface area contributed by atoms with E-state index in [0.29, 0.717) is 17.9 Å². The number of benzene rings is 3. The van der Waals surface area contributed by atoms with Crippen LogP contribution in [0.1, 0.15) is 5.56 Å². The lowest BCUT2D eigenvalue weighted by atomic mass is 10.0. The van der Waals surface area contributed by atoms with Crippen LogP contribution in [0.15, 0.2) is 72.8 Å². The van der Waals surface area contributed by atoms with Crippen molar-refractivity contribution in [3.63, 3.8) is 0 Å². The summed E-state index contributed by atoms with van der Waals surface area (Å²) in [7, 11) is 1.61. The first kappa shape index (κ1) is 15.1. The summed E-state index contributed by atoms with van der Waals surface area (Å²) in [6.07, 6.45) is 0. The van der Waals surface area contributed by atoms with Gasteiger partial charge in [-0.15, -0.1) is 0 Å². The summed E-state index contributed by atoms with van der Waals surface area (Å²) in [5.41, 5.74) is 2.39. The van der Waals surface area contributed by atoms with E-state index in [9.17, 15) is 4.39 Å². The molecule has 0 spiro atoms. The van der Waals surface area contributed by atoms with Gasteiger partial charge in [-0.3, -0.25) is 0 Å². The van der Waals surface area contributed by atoms with Crippen LogP contribution in [0.3, 0.4) is 0 Å². The molecular formula is C20H17FO2. The van der Waals surface area contributed by atoms with Gasteiger partial charge in [-0.05, 0) is 35.4 Å². The van der Waals surface area contributed by atoms with Gasteiger partial charge in [0.2, 0.25) is 0 Å².